The number of amides is 1. The molecule has 4 N–H and O–H groups in total. The molecule has 0 aromatic carbocycles. The van der Waals surface area contributed by atoms with E-state index in [4.69, 9.17) is 0 Å². The van der Waals surface area contributed by atoms with Crippen LogP contribution in [0.3, 0.4) is 0 Å². The van der Waals surface area contributed by atoms with Crippen LogP contribution in [0, 0.1) is 0 Å². The Morgan fingerprint density at radius 2 is 1.25 bits per heavy atom. The number of hydrogen-bond acceptors (Lipinski definition) is 2. The number of alkyl halides is 6. The van der Waals surface area contributed by atoms with E-state index < -0.39 is 36.1 Å². The van der Waals surface area contributed by atoms with Crippen molar-refractivity contribution in [3.05, 3.63) is 0 Å². The van der Waals surface area contributed by atoms with E-state index in [1.54, 1.807) is 0 Å². The Bertz CT molecular complexity index is 222. The Kier molecular flexibility index (Phi) is 7.05. The lowest BCUT2D eigenvalue weighted by Gasteiger charge is -2.01. The van der Waals surface area contributed by atoms with E-state index in [9.17, 15) is 31.1 Å². The van der Waals surface area contributed by atoms with Crippen molar-refractivity contribution >= 4 is 23.1 Å². The van der Waals surface area contributed by atoms with E-state index in [1.165, 1.54) is 0 Å². The maximum atomic E-state index is 11.1. The smallest absolute Gasteiger partial charge is 0.393 e. The van der Waals surface area contributed by atoms with Gasteiger partial charge in [0.05, 0.1) is 11.4 Å². The number of nitrogens with two attached hydrogens (primary N) is 2. The van der Waals surface area contributed by atoms with Gasteiger partial charge in [0.15, 0.2) is 0 Å². The molecule has 0 spiro atoms. The average molecular weight is 270 g/mol. The summed E-state index contributed by atoms with van der Waals surface area (Å²) in [5.41, 5.74) is 8.81. The van der Waals surface area contributed by atoms with Crippen LogP contribution in [0.2, 0.25) is 0 Å². The van der Waals surface area contributed by atoms with Gasteiger partial charge < -0.3 is 11.5 Å². The van der Waals surface area contributed by atoms with Gasteiger partial charge in [0, 0.05) is 0 Å². The molecule has 0 radical (unpaired) electrons. The second-order valence-corrected chi connectivity index (χ2v) is 3.04. The van der Waals surface area contributed by atoms with Crippen LogP contribution < -0.4 is 11.5 Å². The summed E-state index contributed by atoms with van der Waals surface area (Å²) in [6.45, 7) is 0. The van der Waals surface area contributed by atoms with Crippen molar-refractivity contribution in [2.24, 2.45) is 11.5 Å². The molecule has 0 aliphatic heterocycles. The van der Waals surface area contributed by atoms with Gasteiger partial charge in [-0.1, -0.05) is 12.2 Å². The molecule has 0 saturated heterocycles. The van der Waals surface area contributed by atoms with Gasteiger partial charge in [0.1, 0.15) is 6.42 Å². The molecule has 0 fully saturated rings. The number of rotatable bonds is 2. The topological polar surface area (TPSA) is 69.1 Å². The highest BCUT2D eigenvalue weighted by molar-refractivity contribution is 7.80. The second-order valence-electron chi connectivity index (χ2n) is 2.52. The van der Waals surface area contributed by atoms with E-state index >= 15 is 0 Å². The third-order valence-electron chi connectivity index (χ3n) is 0.749. The minimum atomic E-state index is -4.45. The lowest BCUT2D eigenvalue weighted by molar-refractivity contribution is -0.151. The lowest BCUT2D eigenvalue weighted by Crippen LogP contribution is -2.21. The first-order chi connectivity index (χ1) is 6.83. The maximum absolute atomic E-state index is 11.1. The first-order valence-electron chi connectivity index (χ1n) is 3.53. The van der Waals surface area contributed by atoms with Gasteiger partial charge >= 0.3 is 12.4 Å². The second kappa shape index (κ2) is 6.51. The molecule has 0 rings (SSSR count). The molecule has 0 unspecified atom stereocenters. The summed E-state index contributed by atoms with van der Waals surface area (Å²) in [7, 11) is 0. The summed E-state index contributed by atoms with van der Waals surface area (Å²) >= 11 is 4.00. The molecule has 0 aromatic rings. The largest absolute Gasteiger partial charge is 0.397 e. The molecule has 0 heterocycles. The summed E-state index contributed by atoms with van der Waals surface area (Å²) in [5.74, 6) is -1.35. The molecule has 1 amide bonds. The van der Waals surface area contributed by atoms with Crippen LogP contribution in [0.25, 0.3) is 0 Å². The number of carbonyl (C=O) groups is 1. The molecule has 10 heteroatoms. The molecular weight excluding hydrogens is 262 g/mol. The van der Waals surface area contributed by atoms with Crippen molar-refractivity contribution in [1.29, 1.82) is 0 Å². The van der Waals surface area contributed by atoms with Crippen LogP contribution in [0.15, 0.2) is 0 Å². The van der Waals surface area contributed by atoms with Crippen LogP contribution in [0.4, 0.5) is 26.3 Å². The number of carbonyl (C=O) groups excluding carboxylic acids is 1. The minimum absolute atomic E-state index is 0.516. The lowest BCUT2D eigenvalue weighted by atomic mass is 10.4. The number of hydrogen-bond donors (Lipinski definition) is 2. The van der Waals surface area contributed by atoms with E-state index in [1.807, 2.05) is 0 Å². The Morgan fingerprint density at radius 3 is 1.25 bits per heavy atom. The normalized spacial score (nSPS) is 11.4. The molecule has 0 aliphatic carbocycles. The zero-order valence-corrected chi connectivity index (χ0v) is 8.47. The predicted octanol–water partition coefficient (Wildman–Crippen LogP) is 1.65. The van der Waals surface area contributed by atoms with Crippen molar-refractivity contribution in [1.82, 2.24) is 0 Å². The summed E-state index contributed by atoms with van der Waals surface area (Å²) < 4.78 is 66.4. The van der Waals surface area contributed by atoms with Crippen molar-refractivity contribution in [2.75, 3.05) is 0 Å². The van der Waals surface area contributed by atoms with E-state index in [0.717, 1.165) is 0 Å². The third kappa shape index (κ3) is 23.1. The highest BCUT2D eigenvalue weighted by atomic mass is 32.1. The number of thiocarbonyl (C=S) groups is 1. The fourth-order valence-electron chi connectivity index (χ4n) is 0.395. The Labute approximate surface area is 91.8 Å². The van der Waals surface area contributed by atoms with Gasteiger partial charge in [-0.25, -0.2) is 0 Å². The van der Waals surface area contributed by atoms with Crippen molar-refractivity contribution in [3.8, 4) is 0 Å². The first kappa shape index (κ1) is 17.3. The molecule has 0 aromatic heterocycles. The molecular formula is C6H8F6N2OS. The molecule has 0 aliphatic rings. The van der Waals surface area contributed by atoms with Crippen LogP contribution in [-0.2, 0) is 4.79 Å². The third-order valence-corrected chi connectivity index (χ3v) is 0.894. The van der Waals surface area contributed by atoms with Crippen LogP contribution in [0.1, 0.15) is 12.8 Å². The quantitative estimate of drug-likeness (QED) is 0.592. The van der Waals surface area contributed by atoms with Gasteiger partial charge in [-0.2, -0.15) is 26.3 Å². The summed E-state index contributed by atoms with van der Waals surface area (Å²) in [6.07, 6.45) is -11.4. The van der Waals surface area contributed by atoms with Gasteiger partial charge in [0.2, 0.25) is 5.91 Å². The Morgan fingerprint density at radius 1 is 0.938 bits per heavy atom. The molecule has 0 saturated carbocycles. The number of halogens is 6. The highest BCUT2D eigenvalue weighted by Gasteiger charge is 2.29. The van der Waals surface area contributed by atoms with Crippen LogP contribution >= 0.6 is 12.2 Å². The van der Waals surface area contributed by atoms with Gasteiger partial charge in [-0.3, -0.25) is 4.79 Å². The van der Waals surface area contributed by atoms with Gasteiger partial charge in [0.25, 0.3) is 0 Å². The predicted molar refractivity (Wildman–Crippen MR) is 47.3 cm³/mol. The highest BCUT2D eigenvalue weighted by Crippen LogP contribution is 2.18. The zero-order valence-electron chi connectivity index (χ0n) is 7.65. The minimum Gasteiger partial charge on any atom is -0.393 e. The van der Waals surface area contributed by atoms with Gasteiger partial charge in [-0.15, -0.1) is 0 Å². The van der Waals surface area contributed by atoms with Crippen molar-refractivity contribution in [2.45, 2.75) is 25.2 Å². The Balaban J connectivity index is 0. The average Bonchev–Trinajstić information content (AvgIpc) is 1.72. The SMILES string of the molecule is NC(=O)CC(F)(F)F.NC(=S)CC(F)(F)F. The molecule has 16 heavy (non-hydrogen) atoms. The standard InChI is InChI=1S/C3H4F3NO.C3H4F3NS/c2*4-3(5,6)1-2(7)8/h2*1H2,(H2,7,8). The van der Waals surface area contributed by atoms with E-state index in [0.29, 0.717) is 0 Å². The molecule has 0 atom stereocenters. The van der Waals surface area contributed by atoms with Crippen molar-refractivity contribution in [3.63, 3.8) is 0 Å². The van der Waals surface area contributed by atoms with Gasteiger partial charge in [-0.05, 0) is 0 Å². The molecule has 96 valence electrons. The Hall–Kier alpha value is -1.06. The van der Waals surface area contributed by atoms with Crippen LogP contribution in [0.5, 0.6) is 0 Å². The van der Waals surface area contributed by atoms with E-state index in [2.05, 4.69) is 23.7 Å². The number of primary amides is 1. The first-order valence-corrected chi connectivity index (χ1v) is 3.94. The summed E-state index contributed by atoms with van der Waals surface area (Å²) in [5, 5.41) is 0. The fraction of sp³-hybridized carbons (Fsp3) is 0.667. The fourth-order valence-corrected chi connectivity index (χ4v) is 0.559. The monoisotopic (exact) mass is 270 g/mol. The van der Waals surface area contributed by atoms with E-state index in [-0.39, 0.29) is 0 Å². The molecule has 0 bridgehead atoms. The van der Waals surface area contributed by atoms with Crippen molar-refractivity contribution < 1.29 is 31.1 Å². The molecule has 3 nitrogen and oxygen atoms in total. The zero-order chi connectivity index (χ0) is 13.6. The summed E-state index contributed by atoms with van der Waals surface area (Å²) in [4.78, 5) is 9.00. The van der Waals surface area contributed by atoms with Crippen LogP contribution in [-0.4, -0.2) is 23.2 Å². The maximum Gasteiger partial charge on any atom is 0.397 e. The summed E-state index contributed by atoms with van der Waals surface area (Å²) in [6, 6.07) is 0.